The van der Waals surface area contributed by atoms with Crippen molar-refractivity contribution in [2.24, 2.45) is 17.8 Å². The van der Waals surface area contributed by atoms with E-state index in [1.807, 2.05) is 17.0 Å². The molecular weight excluding hydrogens is 414 g/mol. The van der Waals surface area contributed by atoms with E-state index in [1.54, 1.807) is 0 Å². The number of rotatable bonds is 6. The molecule has 7 heteroatoms. The highest BCUT2D eigenvalue weighted by Gasteiger charge is 2.51. The van der Waals surface area contributed by atoms with Crippen LogP contribution in [0.2, 0.25) is 0 Å². The quantitative estimate of drug-likeness (QED) is 0.559. The summed E-state index contributed by atoms with van der Waals surface area (Å²) in [5.41, 5.74) is 1.99. The molecule has 0 radical (unpaired) electrons. The minimum Gasteiger partial charge on any atom is -0.368 e. The number of hydrogen-bond acceptors (Lipinski definition) is 3. The summed E-state index contributed by atoms with van der Waals surface area (Å²) in [4.78, 5) is 29.2. The molecule has 0 atom stereocenters. The highest BCUT2D eigenvalue weighted by molar-refractivity contribution is 5.90. The van der Waals surface area contributed by atoms with Crippen molar-refractivity contribution in [3.63, 3.8) is 0 Å². The number of benzene rings is 1. The number of nitrogens with one attached hydrogen (secondary N) is 3. The van der Waals surface area contributed by atoms with Gasteiger partial charge in [0, 0.05) is 49.6 Å². The Morgan fingerprint density at radius 2 is 1.55 bits per heavy atom. The van der Waals surface area contributed by atoms with Crippen LogP contribution in [-0.2, 0) is 0 Å². The molecule has 1 aromatic rings. The molecule has 4 amide bonds. The normalized spacial score (nSPS) is 30.3. The van der Waals surface area contributed by atoms with Gasteiger partial charge in [-0.25, -0.2) is 9.59 Å². The fourth-order valence-electron chi connectivity index (χ4n) is 7.07. The van der Waals surface area contributed by atoms with Crippen LogP contribution in [0, 0.1) is 17.8 Å². The van der Waals surface area contributed by atoms with E-state index >= 15 is 0 Å². The first kappa shape index (κ1) is 22.4. The number of nitrogens with zero attached hydrogens (tertiary/aromatic N) is 2. The topological polar surface area (TPSA) is 76.7 Å². The number of hydrogen-bond donors (Lipinski definition) is 3. The van der Waals surface area contributed by atoms with Gasteiger partial charge in [0.1, 0.15) is 0 Å². The minimum atomic E-state index is -0.0626. The van der Waals surface area contributed by atoms with E-state index in [9.17, 15) is 9.59 Å². The summed E-state index contributed by atoms with van der Waals surface area (Å²) >= 11 is 0. The van der Waals surface area contributed by atoms with Gasteiger partial charge < -0.3 is 25.8 Å². The predicted molar refractivity (Wildman–Crippen MR) is 132 cm³/mol. The molecule has 3 N–H and O–H groups in total. The number of amides is 4. The van der Waals surface area contributed by atoms with Crippen molar-refractivity contribution < 1.29 is 9.59 Å². The maximum atomic E-state index is 12.8. The molecule has 5 fully saturated rings. The summed E-state index contributed by atoms with van der Waals surface area (Å²) in [5, 5.41) is 9.45. The molecule has 4 bridgehead atoms. The van der Waals surface area contributed by atoms with Crippen LogP contribution in [0.4, 0.5) is 21.0 Å². The van der Waals surface area contributed by atoms with Crippen LogP contribution in [0.25, 0.3) is 0 Å². The highest BCUT2D eigenvalue weighted by atomic mass is 16.2. The van der Waals surface area contributed by atoms with E-state index in [2.05, 4.69) is 39.9 Å². The summed E-state index contributed by atoms with van der Waals surface area (Å²) in [6, 6.07) is 8.09. The second-order valence-electron chi connectivity index (χ2n) is 10.9. The fourth-order valence-corrected chi connectivity index (χ4v) is 7.07. The van der Waals surface area contributed by atoms with Crippen molar-refractivity contribution >= 4 is 23.4 Å². The second kappa shape index (κ2) is 9.43. The van der Waals surface area contributed by atoms with E-state index in [1.165, 1.54) is 19.3 Å². The lowest BCUT2D eigenvalue weighted by Gasteiger charge is -2.56. The van der Waals surface area contributed by atoms with Crippen molar-refractivity contribution in [3.05, 3.63) is 24.3 Å². The van der Waals surface area contributed by atoms with E-state index < -0.39 is 0 Å². The van der Waals surface area contributed by atoms with Crippen molar-refractivity contribution in [1.82, 2.24) is 15.5 Å². The summed E-state index contributed by atoms with van der Waals surface area (Å²) in [7, 11) is 0. The maximum absolute atomic E-state index is 12.8. The lowest BCUT2D eigenvalue weighted by Crippen LogP contribution is -2.60. The number of anilines is 2. The molecule has 1 aromatic carbocycles. The van der Waals surface area contributed by atoms with Gasteiger partial charge >= 0.3 is 12.1 Å². The van der Waals surface area contributed by atoms with Crippen LogP contribution >= 0.6 is 0 Å². The van der Waals surface area contributed by atoms with Gasteiger partial charge in [-0.05, 0) is 87.0 Å². The lowest BCUT2D eigenvalue weighted by molar-refractivity contribution is -0.0127. The van der Waals surface area contributed by atoms with Gasteiger partial charge in [-0.15, -0.1) is 0 Å². The predicted octanol–water partition coefficient (Wildman–Crippen LogP) is 4.41. The summed E-state index contributed by atoms with van der Waals surface area (Å²) in [6.07, 6.45) is 9.72. The van der Waals surface area contributed by atoms with E-state index in [0.717, 1.165) is 94.0 Å². The van der Waals surface area contributed by atoms with Crippen LogP contribution in [0.3, 0.4) is 0 Å². The summed E-state index contributed by atoms with van der Waals surface area (Å²) < 4.78 is 0. The molecule has 7 nitrogen and oxygen atoms in total. The third kappa shape index (κ3) is 5.07. The second-order valence-corrected chi connectivity index (χ2v) is 10.9. The molecule has 4 saturated carbocycles. The van der Waals surface area contributed by atoms with Gasteiger partial charge in [-0.3, -0.25) is 0 Å². The Morgan fingerprint density at radius 1 is 0.939 bits per heavy atom. The summed E-state index contributed by atoms with van der Waals surface area (Å²) in [5.74, 6) is 2.45. The zero-order chi connectivity index (χ0) is 22.8. The van der Waals surface area contributed by atoms with E-state index in [0.29, 0.717) is 0 Å². The number of piperazine rings is 1. The molecule has 33 heavy (non-hydrogen) atoms. The lowest BCUT2D eigenvalue weighted by atomic mass is 9.53. The largest absolute Gasteiger partial charge is 0.368 e. The van der Waals surface area contributed by atoms with Gasteiger partial charge in [-0.2, -0.15) is 0 Å². The van der Waals surface area contributed by atoms with Gasteiger partial charge in [-0.1, -0.05) is 13.3 Å². The highest BCUT2D eigenvalue weighted by Crippen LogP contribution is 2.55. The van der Waals surface area contributed by atoms with Gasteiger partial charge in [0.25, 0.3) is 0 Å². The van der Waals surface area contributed by atoms with Crippen LogP contribution in [0.15, 0.2) is 24.3 Å². The van der Waals surface area contributed by atoms with E-state index in [4.69, 9.17) is 0 Å². The molecule has 0 unspecified atom stereocenters. The minimum absolute atomic E-state index is 0.0290. The molecule has 1 aliphatic heterocycles. The fraction of sp³-hybridized carbons (Fsp3) is 0.692. The number of urea groups is 2. The molecule has 4 aliphatic carbocycles. The van der Waals surface area contributed by atoms with E-state index in [-0.39, 0.29) is 17.6 Å². The van der Waals surface area contributed by atoms with Crippen LogP contribution in [-0.4, -0.2) is 55.2 Å². The molecular formula is C26H39N5O2. The molecule has 1 saturated heterocycles. The van der Waals surface area contributed by atoms with Crippen LogP contribution in [0.5, 0.6) is 0 Å². The van der Waals surface area contributed by atoms with Crippen LogP contribution < -0.4 is 20.9 Å². The molecule has 180 valence electrons. The SMILES string of the molecule is CCCCNC(=O)N1CCN(c2ccc(NC(=O)NC34CC5CC(CC(C5)C3)C4)cc2)CC1. The molecule has 0 aromatic heterocycles. The first-order valence-electron chi connectivity index (χ1n) is 13.0. The Morgan fingerprint density at radius 3 is 2.12 bits per heavy atom. The Bertz CT molecular complexity index is 811. The average Bonchev–Trinajstić information content (AvgIpc) is 2.78. The summed E-state index contributed by atoms with van der Waals surface area (Å²) in [6.45, 7) is 5.97. The van der Waals surface area contributed by atoms with Crippen LogP contribution in [0.1, 0.15) is 58.3 Å². The zero-order valence-corrected chi connectivity index (χ0v) is 19.9. The van der Waals surface area contributed by atoms with Crippen molar-refractivity contribution in [2.75, 3.05) is 42.9 Å². The third-order valence-electron chi connectivity index (χ3n) is 8.28. The first-order chi connectivity index (χ1) is 16.0. The molecule has 5 aliphatic rings. The molecule has 1 heterocycles. The average molecular weight is 454 g/mol. The Kier molecular flexibility index (Phi) is 6.39. The van der Waals surface area contributed by atoms with Crippen molar-refractivity contribution in [1.29, 1.82) is 0 Å². The number of carbonyl (C=O) groups excluding carboxylic acids is 2. The first-order valence-corrected chi connectivity index (χ1v) is 13.0. The van der Waals surface area contributed by atoms with Crippen molar-refractivity contribution in [2.45, 2.75) is 63.8 Å². The Hall–Kier alpha value is -2.44. The Balaban J connectivity index is 1.10. The van der Waals surface area contributed by atoms with Gasteiger partial charge in [0.15, 0.2) is 0 Å². The maximum Gasteiger partial charge on any atom is 0.319 e. The Labute approximate surface area is 197 Å². The standard InChI is InChI=1S/C26H39N5O2/c1-2-3-8-27-25(33)31-11-9-30(10-12-31)23-6-4-22(5-7-23)28-24(32)29-26-16-19-13-20(17-26)15-21(14-19)18-26/h4-7,19-21H,2-3,8-18H2,1H3,(H,27,33)(H2,28,29,32). The van der Waals surface area contributed by atoms with Gasteiger partial charge in [0.05, 0.1) is 0 Å². The number of carbonyl (C=O) groups is 2. The van der Waals surface area contributed by atoms with Gasteiger partial charge in [0.2, 0.25) is 0 Å². The zero-order valence-electron chi connectivity index (χ0n) is 19.9. The molecule has 6 rings (SSSR count). The third-order valence-corrected chi connectivity index (χ3v) is 8.28. The smallest absolute Gasteiger partial charge is 0.319 e. The monoisotopic (exact) mass is 453 g/mol. The van der Waals surface area contributed by atoms with Crippen molar-refractivity contribution in [3.8, 4) is 0 Å². The number of unbranched alkanes of at least 4 members (excludes halogenated alkanes) is 1. The molecule has 0 spiro atoms.